The summed E-state index contributed by atoms with van der Waals surface area (Å²) in [6, 6.07) is 5.79. The fourth-order valence-corrected chi connectivity index (χ4v) is 6.18. The van der Waals surface area contributed by atoms with Crippen molar-refractivity contribution in [1.29, 1.82) is 5.26 Å². The van der Waals surface area contributed by atoms with Gasteiger partial charge in [0.25, 0.3) is 0 Å². The first kappa shape index (κ1) is 32.9. The molecule has 0 saturated carbocycles. The molecule has 41 heavy (non-hydrogen) atoms. The van der Waals surface area contributed by atoms with Crippen LogP contribution in [0.25, 0.3) is 0 Å². The molecule has 2 aliphatic rings. The van der Waals surface area contributed by atoms with Gasteiger partial charge in [-0.2, -0.15) is 18.4 Å². The Labute approximate surface area is 247 Å². The first-order valence-corrected chi connectivity index (χ1v) is 15.0. The number of anilines is 1. The van der Waals surface area contributed by atoms with Crippen molar-refractivity contribution < 1.29 is 23.0 Å². The Hall–Kier alpha value is -2.61. The first-order valence-electron chi connectivity index (χ1n) is 14.6. The van der Waals surface area contributed by atoms with Crippen LogP contribution < -0.4 is 10.2 Å². The Kier molecular flexibility index (Phi) is 11.3. The van der Waals surface area contributed by atoms with Gasteiger partial charge in [-0.25, -0.2) is 0 Å². The lowest BCUT2D eigenvalue weighted by atomic mass is 9.90. The summed E-state index contributed by atoms with van der Waals surface area (Å²) in [6.45, 7) is 10.8. The van der Waals surface area contributed by atoms with Gasteiger partial charge in [0.2, 0.25) is 0 Å². The standard InChI is InChI=1S/C31H43F3N4O2S/c1-6-11-27(36-23(7-2)8-3)21-12-9-10-13-25(18-21)40-17-16-37-29(41)38(28(39)30(37,4)5)24-15-14-22(20-35)26(19-24)31(32,33)34/h10,13-15,18-19,21,23,27-28,36,39H,6-9,11-12,16-17H2,1-5H3. The topological polar surface area (TPSA) is 71.8 Å². The summed E-state index contributed by atoms with van der Waals surface area (Å²) < 4.78 is 47.0. The third kappa shape index (κ3) is 7.62. The Morgan fingerprint density at radius 2 is 1.95 bits per heavy atom. The van der Waals surface area contributed by atoms with Crippen molar-refractivity contribution in [1.82, 2.24) is 10.2 Å². The fraction of sp³-hybridized carbons (Fsp3) is 0.613. The molecule has 10 heteroatoms. The molecule has 0 radical (unpaired) electrons. The van der Waals surface area contributed by atoms with Gasteiger partial charge < -0.3 is 20.1 Å². The molecular formula is C31H43F3N4O2S. The summed E-state index contributed by atoms with van der Waals surface area (Å²) >= 11 is 5.66. The zero-order valence-electron chi connectivity index (χ0n) is 24.7. The van der Waals surface area contributed by atoms with E-state index in [9.17, 15) is 18.3 Å². The van der Waals surface area contributed by atoms with E-state index in [4.69, 9.17) is 22.2 Å². The monoisotopic (exact) mass is 592 g/mol. The second-order valence-electron chi connectivity index (χ2n) is 11.3. The normalized spacial score (nSPS) is 21.6. The molecule has 1 saturated heterocycles. The van der Waals surface area contributed by atoms with Crippen LogP contribution in [0.4, 0.5) is 18.9 Å². The maximum Gasteiger partial charge on any atom is 0.417 e. The lowest BCUT2D eigenvalue weighted by Gasteiger charge is -2.33. The minimum Gasteiger partial charge on any atom is -0.492 e. The van der Waals surface area contributed by atoms with Gasteiger partial charge in [0.15, 0.2) is 11.3 Å². The molecule has 3 rings (SSSR count). The van der Waals surface area contributed by atoms with Crippen LogP contribution in [0.15, 0.2) is 42.2 Å². The summed E-state index contributed by atoms with van der Waals surface area (Å²) in [5.74, 6) is 1.13. The molecule has 0 aromatic heterocycles. The third-order valence-corrected chi connectivity index (χ3v) is 8.60. The number of nitrogens with zero attached hydrogens (tertiary/aromatic N) is 3. The second kappa shape index (κ2) is 14.0. The summed E-state index contributed by atoms with van der Waals surface area (Å²) in [5.41, 5.74) is -2.36. The first-order chi connectivity index (χ1) is 19.4. The van der Waals surface area contributed by atoms with Gasteiger partial charge in [-0.1, -0.05) is 33.3 Å². The summed E-state index contributed by atoms with van der Waals surface area (Å²) in [4.78, 5) is 3.09. The molecule has 1 fully saturated rings. The van der Waals surface area contributed by atoms with Crippen molar-refractivity contribution in [2.24, 2.45) is 5.92 Å². The molecule has 2 N–H and O–H groups in total. The van der Waals surface area contributed by atoms with E-state index in [-0.39, 0.29) is 17.4 Å². The van der Waals surface area contributed by atoms with E-state index in [1.165, 1.54) is 11.0 Å². The van der Waals surface area contributed by atoms with Crippen LogP contribution in [-0.2, 0) is 10.9 Å². The van der Waals surface area contributed by atoms with Crippen LogP contribution in [0, 0.1) is 17.2 Å². The van der Waals surface area contributed by atoms with Crippen molar-refractivity contribution in [3.8, 4) is 6.07 Å². The van der Waals surface area contributed by atoms with E-state index < -0.39 is 29.1 Å². The van der Waals surface area contributed by atoms with Gasteiger partial charge in [0.1, 0.15) is 12.4 Å². The maximum atomic E-state index is 13.6. The average molecular weight is 593 g/mol. The van der Waals surface area contributed by atoms with Crippen molar-refractivity contribution in [3.63, 3.8) is 0 Å². The van der Waals surface area contributed by atoms with E-state index in [0.29, 0.717) is 24.5 Å². The number of aliphatic hydroxyl groups excluding tert-OH is 1. The van der Waals surface area contributed by atoms with Gasteiger partial charge in [-0.05, 0) is 94.4 Å². The summed E-state index contributed by atoms with van der Waals surface area (Å²) in [5, 5.41) is 24.4. The number of nitrogens with one attached hydrogen (secondary N) is 1. The van der Waals surface area contributed by atoms with Crippen molar-refractivity contribution in [2.75, 3.05) is 18.1 Å². The molecule has 1 heterocycles. The minimum atomic E-state index is -4.71. The number of halogens is 3. The van der Waals surface area contributed by atoms with Gasteiger partial charge >= 0.3 is 6.18 Å². The lowest BCUT2D eigenvalue weighted by molar-refractivity contribution is -0.137. The molecular weight excluding hydrogens is 549 g/mol. The number of nitriles is 1. The number of ether oxygens (including phenoxy) is 1. The largest absolute Gasteiger partial charge is 0.492 e. The van der Waals surface area contributed by atoms with Crippen molar-refractivity contribution in [2.45, 2.75) is 103 Å². The molecule has 6 nitrogen and oxygen atoms in total. The highest BCUT2D eigenvalue weighted by molar-refractivity contribution is 7.80. The van der Waals surface area contributed by atoms with E-state index in [0.717, 1.165) is 56.4 Å². The molecule has 1 aromatic carbocycles. The van der Waals surface area contributed by atoms with E-state index in [1.54, 1.807) is 24.8 Å². The molecule has 0 amide bonds. The highest BCUT2D eigenvalue weighted by atomic mass is 32.1. The number of hydrogen-bond donors (Lipinski definition) is 2. The quantitative estimate of drug-likeness (QED) is 0.256. The van der Waals surface area contributed by atoms with Crippen LogP contribution in [0.2, 0.25) is 0 Å². The highest BCUT2D eigenvalue weighted by Gasteiger charge is 2.49. The lowest BCUT2D eigenvalue weighted by Crippen LogP contribution is -2.47. The summed E-state index contributed by atoms with van der Waals surface area (Å²) in [7, 11) is 0. The number of allylic oxidation sites excluding steroid dienone is 2. The molecule has 1 aliphatic carbocycles. The van der Waals surface area contributed by atoms with Gasteiger partial charge in [-0.15, -0.1) is 0 Å². The number of rotatable bonds is 12. The Bertz CT molecular complexity index is 1160. The molecule has 1 aliphatic heterocycles. The van der Waals surface area contributed by atoms with Crippen LogP contribution in [0.5, 0.6) is 0 Å². The average Bonchev–Trinajstić information content (AvgIpc) is 3.09. The number of benzene rings is 1. The second-order valence-corrected chi connectivity index (χ2v) is 11.7. The Balaban J connectivity index is 1.75. The zero-order valence-corrected chi connectivity index (χ0v) is 25.5. The smallest absolute Gasteiger partial charge is 0.417 e. The van der Waals surface area contributed by atoms with Crippen molar-refractivity contribution in [3.05, 3.63) is 53.3 Å². The van der Waals surface area contributed by atoms with E-state index >= 15 is 0 Å². The van der Waals surface area contributed by atoms with Crippen LogP contribution >= 0.6 is 12.2 Å². The highest BCUT2D eigenvalue weighted by Crippen LogP contribution is 2.39. The van der Waals surface area contributed by atoms with Gasteiger partial charge in [0.05, 0.1) is 29.3 Å². The van der Waals surface area contributed by atoms with Crippen LogP contribution in [0.3, 0.4) is 0 Å². The molecule has 3 atom stereocenters. The Morgan fingerprint density at radius 1 is 1.24 bits per heavy atom. The predicted molar refractivity (Wildman–Crippen MR) is 160 cm³/mol. The van der Waals surface area contributed by atoms with E-state index in [2.05, 4.69) is 38.2 Å². The molecule has 0 bridgehead atoms. The van der Waals surface area contributed by atoms with E-state index in [1.807, 2.05) is 6.08 Å². The number of aliphatic hydroxyl groups is 1. The SMILES string of the molecule is CCCC(NC(CC)CC)C1C=C(OCCN2C(=S)N(c3ccc(C#N)c(C(F)(F)F)c3)C(O)C2(C)C)C=CCC1. The molecule has 226 valence electrons. The maximum absolute atomic E-state index is 13.6. The fourth-order valence-electron chi connectivity index (χ4n) is 5.65. The molecule has 3 unspecified atom stereocenters. The minimum absolute atomic E-state index is 0.0782. The Morgan fingerprint density at radius 3 is 2.56 bits per heavy atom. The number of alkyl halides is 3. The molecule has 1 aromatic rings. The predicted octanol–water partition coefficient (Wildman–Crippen LogP) is 6.89. The zero-order chi connectivity index (χ0) is 30.4. The third-order valence-electron chi connectivity index (χ3n) is 8.18. The van der Waals surface area contributed by atoms with Crippen LogP contribution in [0.1, 0.15) is 84.3 Å². The van der Waals surface area contributed by atoms with Gasteiger partial charge in [-0.3, -0.25) is 4.90 Å². The van der Waals surface area contributed by atoms with Crippen LogP contribution in [-0.4, -0.2) is 52.1 Å². The number of thiocarbonyl (C=S) groups is 1. The van der Waals surface area contributed by atoms with Crippen molar-refractivity contribution >= 4 is 23.0 Å². The summed E-state index contributed by atoms with van der Waals surface area (Å²) in [6.07, 6.45) is 6.79. The number of hydrogen-bond acceptors (Lipinski definition) is 5. The van der Waals surface area contributed by atoms with Gasteiger partial charge in [0, 0.05) is 17.8 Å². The molecule has 0 spiro atoms.